The summed E-state index contributed by atoms with van der Waals surface area (Å²) in [6.45, 7) is 1.65. The van der Waals surface area contributed by atoms with Gasteiger partial charge in [0, 0.05) is 12.5 Å². The summed E-state index contributed by atoms with van der Waals surface area (Å²) >= 11 is 0. The summed E-state index contributed by atoms with van der Waals surface area (Å²) in [6, 6.07) is 5.17. The Balaban J connectivity index is 1.47. The van der Waals surface area contributed by atoms with Crippen LogP contribution in [-0.4, -0.2) is 47.7 Å². The van der Waals surface area contributed by atoms with Gasteiger partial charge in [0.2, 0.25) is 5.91 Å². The Hall–Kier alpha value is -2.24. The van der Waals surface area contributed by atoms with E-state index in [9.17, 15) is 14.7 Å². The minimum atomic E-state index is -0.896. The predicted octanol–water partition coefficient (Wildman–Crippen LogP) is 1.64. The van der Waals surface area contributed by atoms with Gasteiger partial charge in [0.15, 0.2) is 11.5 Å². The van der Waals surface area contributed by atoms with Crippen molar-refractivity contribution < 1.29 is 24.2 Å². The molecule has 1 amide bonds. The van der Waals surface area contributed by atoms with E-state index in [1.165, 1.54) is 0 Å². The first-order valence-corrected chi connectivity index (χ1v) is 8.08. The van der Waals surface area contributed by atoms with Gasteiger partial charge in [-0.3, -0.25) is 4.79 Å². The van der Waals surface area contributed by atoms with E-state index in [1.54, 1.807) is 4.90 Å². The lowest BCUT2D eigenvalue weighted by molar-refractivity contribution is -0.148. The third-order valence-corrected chi connectivity index (χ3v) is 4.92. The normalized spacial score (nSPS) is 28.5. The molecule has 3 aliphatic rings. The quantitative estimate of drug-likeness (QED) is 0.917. The largest absolute Gasteiger partial charge is 0.486 e. The molecule has 1 aliphatic carbocycles. The molecule has 1 aromatic carbocycles. The van der Waals surface area contributed by atoms with Gasteiger partial charge >= 0.3 is 5.97 Å². The summed E-state index contributed by atoms with van der Waals surface area (Å²) in [6.07, 6.45) is 2.11. The number of amides is 1. The van der Waals surface area contributed by atoms with Crippen LogP contribution in [0.15, 0.2) is 18.2 Å². The highest BCUT2D eigenvalue weighted by molar-refractivity contribution is 5.88. The van der Waals surface area contributed by atoms with Crippen molar-refractivity contribution in [2.24, 2.45) is 5.92 Å². The van der Waals surface area contributed by atoms with Crippen LogP contribution in [0.1, 0.15) is 30.7 Å². The van der Waals surface area contributed by atoms with Crippen LogP contribution in [-0.2, 0) is 9.59 Å². The zero-order chi connectivity index (χ0) is 16.0. The standard InChI is InChI=1S/C17H19NO5/c19-16(18-5-1-2-13(18)17(20)21)12-9-11(12)10-3-4-14-15(8-10)23-7-6-22-14/h3-4,8,11-13H,1-2,5-7,9H2,(H,20,21)/t11-,12-,13-/m0/s1. The number of likely N-dealkylation sites (tertiary alicyclic amines) is 1. The van der Waals surface area contributed by atoms with Crippen molar-refractivity contribution in [1.82, 2.24) is 4.90 Å². The molecule has 4 rings (SSSR count). The summed E-state index contributed by atoms with van der Waals surface area (Å²) in [7, 11) is 0. The number of ether oxygens (including phenoxy) is 2. The molecule has 1 aromatic rings. The van der Waals surface area contributed by atoms with Crippen molar-refractivity contribution in [1.29, 1.82) is 0 Å². The van der Waals surface area contributed by atoms with E-state index >= 15 is 0 Å². The Morgan fingerprint density at radius 1 is 1.17 bits per heavy atom. The molecule has 0 spiro atoms. The molecular weight excluding hydrogens is 298 g/mol. The monoisotopic (exact) mass is 317 g/mol. The average Bonchev–Trinajstić information content (AvgIpc) is 3.21. The molecule has 2 heterocycles. The molecular formula is C17H19NO5. The van der Waals surface area contributed by atoms with Crippen molar-refractivity contribution in [2.75, 3.05) is 19.8 Å². The van der Waals surface area contributed by atoms with Crippen molar-refractivity contribution in [3.05, 3.63) is 23.8 Å². The van der Waals surface area contributed by atoms with Gasteiger partial charge in [-0.15, -0.1) is 0 Å². The average molecular weight is 317 g/mol. The smallest absolute Gasteiger partial charge is 0.326 e. The van der Waals surface area contributed by atoms with E-state index in [-0.39, 0.29) is 17.7 Å². The lowest BCUT2D eigenvalue weighted by atomic mass is 10.1. The lowest BCUT2D eigenvalue weighted by Gasteiger charge is -2.22. The van der Waals surface area contributed by atoms with Crippen LogP contribution in [0.5, 0.6) is 11.5 Å². The predicted molar refractivity (Wildman–Crippen MR) is 80.7 cm³/mol. The molecule has 6 heteroatoms. The van der Waals surface area contributed by atoms with Gasteiger partial charge in [-0.05, 0) is 42.9 Å². The van der Waals surface area contributed by atoms with Crippen molar-refractivity contribution in [2.45, 2.75) is 31.2 Å². The van der Waals surface area contributed by atoms with Crippen LogP contribution in [0.2, 0.25) is 0 Å². The van der Waals surface area contributed by atoms with E-state index in [4.69, 9.17) is 9.47 Å². The third kappa shape index (κ3) is 2.52. The van der Waals surface area contributed by atoms with Crippen LogP contribution in [0, 0.1) is 5.92 Å². The second-order valence-electron chi connectivity index (χ2n) is 6.38. The maximum absolute atomic E-state index is 12.6. The lowest BCUT2D eigenvalue weighted by Crippen LogP contribution is -2.41. The second-order valence-corrected chi connectivity index (χ2v) is 6.38. The Morgan fingerprint density at radius 2 is 1.96 bits per heavy atom. The van der Waals surface area contributed by atoms with Gasteiger partial charge in [0.05, 0.1) is 0 Å². The number of rotatable bonds is 3. The molecule has 0 radical (unpaired) electrons. The molecule has 23 heavy (non-hydrogen) atoms. The molecule has 3 atom stereocenters. The molecule has 2 fully saturated rings. The van der Waals surface area contributed by atoms with Crippen LogP contribution in [0.3, 0.4) is 0 Å². The van der Waals surface area contributed by atoms with E-state index in [2.05, 4.69) is 0 Å². The van der Waals surface area contributed by atoms with E-state index < -0.39 is 12.0 Å². The van der Waals surface area contributed by atoms with Crippen LogP contribution in [0.25, 0.3) is 0 Å². The van der Waals surface area contributed by atoms with Crippen molar-refractivity contribution in [3.8, 4) is 11.5 Å². The maximum atomic E-state index is 12.6. The van der Waals surface area contributed by atoms with Crippen LogP contribution in [0.4, 0.5) is 0 Å². The van der Waals surface area contributed by atoms with Crippen LogP contribution < -0.4 is 9.47 Å². The number of carbonyl (C=O) groups is 2. The van der Waals surface area contributed by atoms with Gasteiger partial charge in [-0.2, -0.15) is 0 Å². The van der Waals surface area contributed by atoms with Gasteiger partial charge < -0.3 is 19.5 Å². The van der Waals surface area contributed by atoms with E-state index in [0.717, 1.165) is 29.9 Å². The summed E-state index contributed by atoms with van der Waals surface area (Å²) in [5.74, 6) is 0.624. The van der Waals surface area contributed by atoms with Crippen molar-refractivity contribution >= 4 is 11.9 Å². The SMILES string of the molecule is O=C(O)[C@@H]1CCCN1C(=O)[C@H]1C[C@H]1c1ccc2c(c1)OCCO2. The van der Waals surface area contributed by atoms with Gasteiger partial charge in [0.1, 0.15) is 19.3 Å². The summed E-state index contributed by atoms with van der Waals surface area (Å²) in [4.78, 5) is 25.4. The number of hydrogen-bond donors (Lipinski definition) is 1. The fourth-order valence-corrected chi connectivity index (χ4v) is 3.63. The molecule has 0 aromatic heterocycles. The number of benzene rings is 1. The van der Waals surface area contributed by atoms with Crippen LogP contribution >= 0.6 is 0 Å². The number of nitrogens with zero attached hydrogens (tertiary/aromatic N) is 1. The number of carbonyl (C=O) groups excluding carboxylic acids is 1. The third-order valence-electron chi connectivity index (χ3n) is 4.92. The Morgan fingerprint density at radius 3 is 2.74 bits per heavy atom. The van der Waals surface area contributed by atoms with Gasteiger partial charge in [0.25, 0.3) is 0 Å². The molecule has 1 saturated carbocycles. The fourth-order valence-electron chi connectivity index (χ4n) is 3.63. The zero-order valence-electron chi connectivity index (χ0n) is 12.7. The Labute approximate surface area is 134 Å². The highest BCUT2D eigenvalue weighted by Gasteiger charge is 2.48. The fraction of sp³-hybridized carbons (Fsp3) is 0.529. The molecule has 1 N–H and O–H groups in total. The molecule has 0 bridgehead atoms. The van der Waals surface area contributed by atoms with Gasteiger partial charge in [-0.1, -0.05) is 6.07 Å². The number of hydrogen-bond acceptors (Lipinski definition) is 4. The Bertz CT molecular complexity index is 658. The first-order valence-electron chi connectivity index (χ1n) is 8.08. The zero-order valence-corrected chi connectivity index (χ0v) is 12.7. The van der Waals surface area contributed by atoms with E-state index in [1.807, 2.05) is 18.2 Å². The number of carboxylic acids is 1. The summed E-state index contributed by atoms with van der Waals surface area (Å²) in [5.41, 5.74) is 1.07. The number of fused-ring (bicyclic) bond motifs is 1. The minimum absolute atomic E-state index is 0.0187. The minimum Gasteiger partial charge on any atom is -0.486 e. The van der Waals surface area contributed by atoms with E-state index in [0.29, 0.717) is 26.2 Å². The number of aliphatic carboxylic acids is 1. The highest BCUT2D eigenvalue weighted by Crippen LogP contribution is 2.50. The Kier molecular flexibility index (Phi) is 3.39. The first kappa shape index (κ1) is 14.4. The topological polar surface area (TPSA) is 76.1 Å². The summed E-state index contributed by atoms with van der Waals surface area (Å²) < 4.78 is 11.1. The molecule has 2 aliphatic heterocycles. The molecule has 1 saturated heterocycles. The van der Waals surface area contributed by atoms with Crippen molar-refractivity contribution in [3.63, 3.8) is 0 Å². The molecule has 122 valence electrons. The first-order chi connectivity index (χ1) is 11.1. The van der Waals surface area contributed by atoms with Gasteiger partial charge in [-0.25, -0.2) is 4.79 Å². The second kappa shape index (κ2) is 5.44. The highest BCUT2D eigenvalue weighted by atomic mass is 16.6. The summed E-state index contributed by atoms with van der Waals surface area (Å²) in [5, 5.41) is 9.23. The number of carboxylic acid groups (broad SMARTS) is 1. The molecule has 0 unspecified atom stereocenters. The molecule has 6 nitrogen and oxygen atoms in total. The maximum Gasteiger partial charge on any atom is 0.326 e.